The van der Waals surface area contributed by atoms with Crippen LogP contribution in [-0.2, 0) is 21.5 Å². The number of rotatable bonds is 5. The molecular formula is C8H12N4O4. The summed E-state index contributed by atoms with van der Waals surface area (Å²) in [6, 6.07) is -0.942. The molecule has 0 aliphatic heterocycles. The molecule has 1 aromatic rings. The van der Waals surface area contributed by atoms with Crippen LogP contribution in [0.1, 0.15) is 11.6 Å². The van der Waals surface area contributed by atoms with Gasteiger partial charge >= 0.3 is 5.97 Å². The average Bonchev–Trinajstić information content (AvgIpc) is 2.63. The molecule has 88 valence electrons. The Balaban J connectivity index is 2.45. The molecule has 0 aromatic carbocycles. The fourth-order valence-electron chi connectivity index (χ4n) is 0.985. The van der Waals surface area contributed by atoms with Crippen LogP contribution in [0.25, 0.3) is 0 Å². The second-order valence-electron chi connectivity index (χ2n) is 3.07. The third-order valence-electron chi connectivity index (χ3n) is 1.73. The van der Waals surface area contributed by atoms with Gasteiger partial charge in [-0.3, -0.25) is 14.3 Å². The van der Waals surface area contributed by atoms with E-state index in [4.69, 9.17) is 10.8 Å². The Morgan fingerprint density at radius 1 is 1.75 bits per heavy atom. The van der Waals surface area contributed by atoms with Crippen LogP contribution in [0.5, 0.6) is 0 Å². The fourth-order valence-corrected chi connectivity index (χ4v) is 0.985. The molecule has 8 nitrogen and oxygen atoms in total. The Labute approximate surface area is 90.9 Å². The molecule has 0 saturated carbocycles. The molecule has 8 heteroatoms. The molecule has 0 radical (unpaired) electrons. The first kappa shape index (κ1) is 12.1. The molecule has 1 heterocycles. The zero-order valence-electron chi connectivity index (χ0n) is 8.58. The smallest absolute Gasteiger partial charge is 0.332 e. The molecule has 1 aromatic heterocycles. The number of carboxylic acids is 1. The SMILES string of the molecule is Cn1cc(C(N)C(=O)NOCC(=O)O)cn1. The zero-order chi connectivity index (χ0) is 12.1. The molecule has 0 aliphatic carbocycles. The minimum Gasteiger partial charge on any atom is -0.479 e. The van der Waals surface area contributed by atoms with E-state index in [1.54, 1.807) is 13.2 Å². The second kappa shape index (κ2) is 5.24. The van der Waals surface area contributed by atoms with Gasteiger partial charge in [-0.2, -0.15) is 5.10 Å². The second-order valence-corrected chi connectivity index (χ2v) is 3.07. The quantitative estimate of drug-likeness (QED) is 0.530. The molecule has 0 fully saturated rings. The van der Waals surface area contributed by atoms with Crippen molar-refractivity contribution in [3.8, 4) is 0 Å². The standard InChI is InChI=1S/C8H12N4O4/c1-12-3-5(2-10-12)7(9)8(15)11-16-4-6(13)14/h2-3,7H,4,9H2,1H3,(H,11,15)(H,13,14). The van der Waals surface area contributed by atoms with Gasteiger partial charge in [0.2, 0.25) is 0 Å². The van der Waals surface area contributed by atoms with Gasteiger partial charge in [-0.1, -0.05) is 0 Å². The molecule has 1 amide bonds. The molecule has 1 unspecified atom stereocenters. The van der Waals surface area contributed by atoms with Crippen LogP contribution in [0.4, 0.5) is 0 Å². The lowest BCUT2D eigenvalue weighted by Gasteiger charge is -2.09. The fraction of sp³-hybridized carbons (Fsp3) is 0.375. The number of nitrogens with zero attached hydrogens (tertiary/aromatic N) is 2. The van der Waals surface area contributed by atoms with Gasteiger partial charge in [0.05, 0.1) is 6.20 Å². The summed E-state index contributed by atoms with van der Waals surface area (Å²) >= 11 is 0. The summed E-state index contributed by atoms with van der Waals surface area (Å²) in [6.45, 7) is -0.620. The van der Waals surface area contributed by atoms with Gasteiger partial charge in [0, 0.05) is 18.8 Å². The monoisotopic (exact) mass is 228 g/mol. The minimum atomic E-state index is -1.18. The molecule has 0 saturated heterocycles. The Kier molecular flexibility index (Phi) is 3.97. The number of nitrogens with one attached hydrogen (secondary N) is 1. The molecule has 0 bridgehead atoms. The number of hydroxylamine groups is 1. The van der Waals surface area contributed by atoms with Crippen LogP contribution in [-0.4, -0.2) is 33.4 Å². The number of aryl methyl sites for hydroxylation is 1. The lowest BCUT2D eigenvalue weighted by atomic mass is 10.2. The summed E-state index contributed by atoms with van der Waals surface area (Å²) in [7, 11) is 1.69. The zero-order valence-corrected chi connectivity index (χ0v) is 8.58. The highest BCUT2D eigenvalue weighted by Gasteiger charge is 2.17. The normalized spacial score (nSPS) is 12.1. The summed E-state index contributed by atoms with van der Waals surface area (Å²) in [5.74, 6) is -1.82. The van der Waals surface area contributed by atoms with E-state index >= 15 is 0 Å². The number of carbonyl (C=O) groups excluding carboxylic acids is 1. The molecule has 1 rings (SSSR count). The van der Waals surface area contributed by atoms with Crippen LogP contribution in [0.15, 0.2) is 12.4 Å². The first-order valence-corrected chi connectivity index (χ1v) is 4.38. The predicted molar refractivity (Wildman–Crippen MR) is 51.9 cm³/mol. The van der Waals surface area contributed by atoms with Crippen molar-refractivity contribution in [3.05, 3.63) is 18.0 Å². The van der Waals surface area contributed by atoms with E-state index in [9.17, 15) is 9.59 Å². The van der Waals surface area contributed by atoms with E-state index < -0.39 is 24.5 Å². The highest BCUT2D eigenvalue weighted by Crippen LogP contribution is 2.07. The third kappa shape index (κ3) is 3.33. The highest BCUT2D eigenvalue weighted by molar-refractivity contribution is 5.82. The van der Waals surface area contributed by atoms with Gasteiger partial charge in [-0.25, -0.2) is 10.3 Å². The maximum atomic E-state index is 11.3. The minimum absolute atomic E-state index is 0.513. The van der Waals surface area contributed by atoms with E-state index in [0.717, 1.165) is 0 Å². The van der Waals surface area contributed by atoms with Crippen LogP contribution in [0.2, 0.25) is 0 Å². The summed E-state index contributed by atoms with van der Waals surface area (Å²) in [5.41, 5.74) is 8.03. The number of carboxylic acid groups (broad SMARTS) is 1. The Morgan fingerprint density at radius 2 is 2.44 bits per heavy atom. The van der Waals surface area contributed by atoms with Crippen LogP contribution in [0, 0.1) is 0 Å². The molecule has 16 heavy (non-hydrogen) atoms. The Bertz CT molecular complexity index is 389. The summed E-state index contributed by atoms with van der Waals surface area (Å²) in [6.07, 6.45) is 3.03. The Hall–Kier alpha value is -1.93. The topological polar surface area (TPSA) is 119 Å². The largest absolute Gasteiger partial charge is 0.479 e. The van der Waals surface area contributed by atoms with E-state index in [1.165, 1.54) is 10.9 Å². The van der Waals surface area contributed by atoms with Gasteiger partial charge in [0.15, 0.2) is 6.61 Å². The van der Waals surface area contributed by atoms with Gasteiger partial charge in [-0.05, 0) is 0 Å². The molecule has 0 aliphatic rings. The number of amides is 1. The van der Waals surface area contributed by atoms with Crippen molar-refractivity contribution in [3.63, 3.8) is 0 Å². The van der Waals surface area contributed by atoms with Gasteiger partial charge < -0.3 is 10.8 Å². The van der Waals surface area contributed by atoms with Crippen molar-refractivity contribution in [2.45, 2.75) is 6.04 Å². The first-order chi connectivity index (χ1) is 7.50. The van der Waals surface area contributed by atoms with Crippen molar-refractivity contribution < 1.29 is 19.5 Å². The molecule has 0 spiro atoms. The number of aliphatic carboxylic acids is 1. The Morgan fingerprint density at radius 3 is 2.94 bits per heavy atom. The van der Waals surface area contributed by atoms with Gasteiger partial charge in [0.25, 0.3) is 5.91 Å². The lowest BCUT2D eigenvalue weighted by Crippen LogP contribution is -2.35. The third-order valence-corrected chi connectivity index (χ3v) is 1.73. The summed E-state index contributed by atoms with van der Waals surface area (Å²) < 4.78 is 1.50. The number of hydrogen-bond acceptors (Lipinski definition) is 5. The van der Waals surface area contributed by atoms with Gasteiger partial charge in [0.1, 0.15) is 6.04 Å². The van der Waals surface area contributed by atoms with Crippen LogP contribution >= 0.6 is 0 Å². The van der Waals surface area contributed by atoms with Crippen molar-refractivity contribution in [1.29, 1.82) is 0 Å². The van der Waals surface area contributed by atoms with E-state index in [-0.39, 0.29) is 0 Å². The summed E-state index contributed by atoms with van der Waals surface area (Å²) in [5, 5.41) is 12.1. The number of aromatic nitrogens is 2. The predicted octanol–water partition coefficient (Wildman–Crippen LogP) is -1.45. The number of nitrogens with two attached hydrogens (primary N) is 1. The molecule has 4 N–H and O–H groups in total. The highest BCUT2D eigenvalue weighted by atomic mass is 16.7. The molecular weight excluding hydrogens is 216 g/mol. The average molecular weight is 228 g/mol. The maximum Gasteiger partial charge on any atom is 0.332 e. The lowest BCUT2D eigenvalue weighted by molar-refractivity contribution is -0.149. The van der Waals surface area contributed by atoms with Crippen molar-refractivity contribution >= 4 is 11.9 Å². The van der Waals surface area contributed by atoms with Crippen molar-refractivity contribution in [2.75, 3.05) is 6.61 Å². The van der Waals surface area contributed by atoms with Crippen LogP contribution < -0.4 is 11.2 Å². The first-order valence-electron chi connectivity index (χ1n) is 4.38. The van der Waals surface area contributed by atoms with Crippen molar-refractivity contribution in [2.24, 2.45) is 12.8 Å². The van der Waals surface area contributed by atoms with E-state index in [2.05, 4.69) is 9.94 Å². The van der Waals surface area contributed by atoms with E-state index in [1.807, 2.05) is 5.48 Å². The number of carbonyl (C=O) groups is 2. The van der Waals surface area contributed by atoms with Crippen molar-refractivity contribution in [1.82, 2.24) is 15.3 Å². The number of hydrogen-bond donors (Lipinski definition) is 3. The maximum absolute atomic E-state index is 11.3. The van der Waals surface area contributed by atoms with E-state index in [0.29, 0.717) is 5.56 Å². The molecule has 1 atom stereocenters. The van der Waals surface area contributed by atoms with Gasteiger partial charge in [-0.15, -0.1) is 0 Å². The van der Waals surface area contributed by atoms with Crippen LogP contribution in [0.3, 0.4) is 0 Å². The summed E-state index contributed by atoms with van der Waals surface area (Å²) in [4.78, 5) is 25.8.